The molecule has 0 fully saturated rings. The molecule has 0 saturated heterocycles. The zero-order valence-electron chi connectivity index (χ0n) is 11.3. The van der Waals surface area contributed by atoms with Crippen molar-refractivity contribution in [3.8, 4) is 11.6 Å². The second-order valence-corrected chi connectivity index (χ2v) is 6.56. The first kappa shape index (κ1) is 15.6. The van der Waals surface area contributed by atoms with Crippen molar-refractivity contribution in [2.75, 3.05) is 18.9 Å². The van der Waals surface area contributed by atoms with Crippen LogP contribution in [-0.2, 0) is 10.0 Å². The molecule has 0 aliphatic rings. The Morgan fingerprint density at radius 3 is 2.62 bits per heavy atom. The smallest absolute Gasteiger partial charge is 0.267 e. The Morgan fingerprint density at radius 2 is 1.95 bits per heavy atom. The van der Waals surface area contributed by atoms with Crippen molar-refractivity contribution >= 4 is 31.6 Å². The number of nitrogens with one attached hydrogen (secondary N) is 1. The van der Waals surface area contributed by atoms with E-state index in [1.165, 1.54) is 26.5 Å². The van der Waals surface area contributed by atoms with Gasteiger partial charge >= 0.3 is 0 Å². The van der Waals surface area contributed by atoms with E-state index in [0.717, 1.165) is 0 Å². The summed E-state index contributed by atoms with van der Waals surface area (Å²) in [5.41, 5.74) is 0.386. The predicted molar refractivity (Wildman–Crippen MR) is 82.3 cm³/mol. The first-order valence-electron chi connectivity index (χ1n) is 5.82. The highest BCUT2D eigenvalue weighted by Crippen LogP contribution is 2.27. The largest absolute Gasteiger partial charge is 0.497 e. The average molecular weight is 373 g/mol. The Kier molecular flexibility index (Phi) is 4.69. The molecule has 1 N–H and O–H groups in total. The molecule has 2 aromatic rings. The van der Waals surface area contributed by atoms with E-state index in [9.17, 15) is 8.42 Å². The van der Waals surface area contributed by atoms with Crippen molar-refractivity contribution in [1.29, 1.82) is 0 Å². The van der Waals surface area contributed by atoms with Crippen LogP contribution in [0.2, 0.25) is 0 Å². The van der Waals surface area contributed by atoms with Gasteiger partial charge in [-0.05, 0) is 34.1 Å². The van der Waals surface area contributed by atoms with Crippen LogP contribution in [0, 0.1) is 0 Å². The van der Waals surface area contributed by atoms with Gasteiger partial charge in [-0.3, -0.25) is 4.72 Å². The lowest BCUT2D eigenvalue weighted by Gasteiger charge is -2.11. The van der Waals surface area contributed by atoms with Gasteiger partial charge in [0.1, 0.15) is 5.75 Å². The van der Waals surface area contributed by atoms with Gasteiger partial charge in [0.05, 0.1) is 19.9 Å². The van der Waals surface area contributed by atoms with Crippen LogP contribution in [0.4, 0.5) is 5.69 Å². The number of rotatable bonds is 5. The van der Waals surface area contributed by atoms with Gasteiger partial charge in [0.2, 0.25) is 5.88 Å². The number of sulfonamides is 1. The summed E-state index contributed by atoms with van der Waals surface area (Å²) in [6.07, 6.45) is 1.46. The van der Waals surface area contributed by atoms with Crippen molar-refractivity contribution in [2.45, 2.75) is 4.90 Å². The minimum absolute atomic E-state index is 0.0218. The molecule has 6 nitrogen and oxygen atoms in total. The van der Waals surface area contributed by atoms with Gasteiger partial charge in [0, 0.05) is 16.7 Å². The fourth-order valence-corrected chi connectivity index (χ4v) is 3.33. The molecule has 0 unspecified atom stereocenters. The summed E-state index contributed by atoms with van der Waals surface area (Å²) in [7, 11) is -0.956. The maximum absolute atomic E-state index is 12.4. The molecule has 8 heteroatoms. The first-order chi connectivity index (χ1) is 9.96. The maximum Gasteiger partial charge on any atom is 0.267 e. The summed E-state index contributed by atoms with van der Waals surface area (Å²) in [5, 5.41) is 0. The van der Waals surface area contributed by atoms with Gasteiger partial charge in [-0.1, -0.05) is 6.07 Å². The number of benzene rings is 1. The number of pyridine rings is 1. The molecule has 0 aliphatic carbocycles. The van der Waals surface area contributed by atoms with E-state index in [4.69, 9.17) is 9.47 Å². The Labute approximate surface area is 131 Å². The maximum atomic E-state index is 12.4. The predicted octanol–water partition coefficient (Wildman–Crippen LogP) is 2.66. The molecule has 1 aromatic carbocycles. The highest BCUT2D eigenvalue weighted by atomic mass is 79.9. The van der Waals surface area contributed by atoms with Crippen molar-refractivity contribution in [3.05, 3.63) is 41.0 Å². The molecule has 0 amide bonds. The zero-order chi connectivity index (χ0) is 15.5. The van der Waals surface area contributed by atoms with E-state index < -0.39 is 10.0 Å². The number of halogens is 1. The van der Waals surface area contributed by atoms with E-state index in [1.54, 1.807) is 24.3 Å². The van der Waals surface area contributed by atoms with Gasteiger partial charge in [-0.25, -0.2) is 13.4 Å². The molecule has 0 spiro atoms. The second kappa shape index (κ2) is 6.31. The van der Waals surface area contributed by atoms with E-state index in [1.807, 2.05) is 0 Å². The number of hydrogen-bond donors (Lipinski definition) is 1. The number of hydrogen-bond acceptors (Lipinski definition) is 5. The van der Waals surface area contributed by atoms with Crippen LogP contribution in [-0.4, -0.2) is 27.6 Å². The molecule has 2 rings (SSSR count). The molecule has 0 bridgehead atoms. The molecule has 112 valence electrons. The fraction of sp³-hybridized carbons (Fsp3) is 0.154. The minimum Gasteiger partial charge on any atom is -0.497 e. The van der Waals surface area contributed by atoms with Crippen LogP contribution in [0.5, 0.6) is 11.6 Å². The number of ether oxygens (including phenoxy) is 2. The SMILES string of the molecule is COc1cccc(NS(=O)(=O)c2cc(Br)cnc2OC)c1. The summed E-state index contributed by atoms with van der Waals surface area (Å²) >= 11 is 3.20. The first-order valence-corrected chi connectivity index (χ1v) is 8.10. The van der Waals surface area contributed by atoms with Gasteiger partial charge < -0.3 is 9.47 Å². The molecule has 0 saturated carbocycles. The normalized spacial score (nSPS) is 11.0. The number of aromatic nitrogens is 1. The summed E-state index contributed by atoms with van der Waals surface area (Å²) in [4.78, 5) is 3.87. The van der Waals surface area contributed by atoms with Crippen molar-refractivity contribution < 1.29 is 17.9 Å². The number of nitrogens with zero attached hydrogens (tertiary/aromatic N) is 1. The third-order valence-corrected chi connectivity index (χ3v) is 4.40. The van der Waals surface area contributed by atoms with Crippen LogP contribution in [0.25, 0.3) is 0 Å². The minimum atomic E-state index is -3.83. The van der Waals surface area contributed by atoms with Crippen LogP contribution >= 0.6 is 15.9 Å². The summed E-state index contributed by atoms with van der Waals surface area (Å²) in [6.45, 7) is 0. The topological polar surface area (TPSA) is 77.5 Å². The van der Waals surface area contributed by atoms with Gasteiger partial charge in [-0.2, -0.15) is 0 Å². The lowest BCUT2D eigenvalue weighted by molar-refractivity contribution is 0.385. The molecule has 0 atom stereocenters. The zero-order valence-corrected chi connectivity index (χ0v) is 13.7. The van der Waals surface area contributed by atoms with Crippen molar-refractivity contribution in [3.63, 3.8) is 0 Å². The number of methoxy groups -OCH3 is 2. The molecule has 21 heavy (non-hydrogen) atoms. The third kappa shape index (κ3) is 3.64. The van der Waals surface area contributed by atoms with Gasteiger partial charge in [-0.15, -0.1) is 0 Å². The average Bonchev–Trinajstić information content (AvgIpc) is 2.47. The monoisotopic (exact) mass is 372 g/mol. The summed E-state index contributed by atoms with van der Waals surface area (Å²) < 4.78 is 37.9. The molecular formula is C13H13BrN2O4S. The highest BCUT2D eigenvalue weighted by Gasteiger charge is 2.21. The van der Waals surface area contributed by atoms with Crippen LogP contribution in [0.3, 0.4) is 0 Å². The molecule has 0 aliphatic heterocycles. The lowest BCUT2D eigenvalue weighted by Crippen LogP contribution is -2.14. The second-order valence-electron chi connectivity index (χ2n) is 4.00. The molecule has 1 aromatic heterocycles. The molecule has 1 heterocycles. The van der Waals surface area contributed by atoms with E-state index >= 15 is 0 Å². The summed E-state index contributed by atoms with van der Waals surface area (Å²) in [5.74, 6) is 0.572. The lowest BCUT2D eigenvalue weighted by atomic mass is 10.3. The Bertz CT molecular complexity index is 750. The summed E-state index contributed by atoms with van der Waals surface area (Å²) in [6, 6.07) is 8.04. The van der Waals surface area contributed by atoms with Gasteiger partial charge in [0.25, 0.3) is 10.0 Å². The number of anilines is 1. The van der Waals surface area contributed by atoms with E-state index in [0.29, 0.717) is 15.9 Å². The standard InChI is InChI=1S/C13H13BrN2O4S/c1-19-11-5-3-4-10(7-11)16-21(17,18)12-6-9(14)8-15-13(12)20-2/h3-8,16H,1-2H3. The Morgan fingerprint density at radius 1 is 1.19 bits per heavy atom. The van der Waals surface area contributed by atoms with Crippen molar-refractivity contribution in [2.24, 2.45) is 0 Å². The van der Waals surface area contributed by atoms with Crippen molar-refractivity contribution in [1.82, 2.24) is 4.98 Å². The van der Waals surface area contributed by atoms with E-state index in [-0.39, 0.29) is 10.8 Å². The fourth-order valence-electron chi connectivity index (χ4n) is 1.65. The van der Waals surface area contributed by atoms with Crippen LogP contribution in [0.15, 0.2) is 45.9 Å². The van der Waals surface area contributed by atoms with Gasteiger partial charge in [0.15, 0.2) is 4.90 Å². The van der Waals surface area contributed by atoms with E-state index in [2.05, 4.69) is 25.6 Å². The third-order valence-electron chi connectivity index (χ3n) is 2.59. The quantitative estimate of drug-likeness (QED) is 0.872. The van der Waals surface area contributed by atoms with Crippen LogP contribution < -0.4 is 14.2 Å². The molecular weight excluding hydrogens is 360 g/mol. The Balaban J connectivity index is 2.40. The molecule has 0 radical (unpaired) electrons. The van der Waals surface area contributed by atoms with Crippen LogP contribution in [0.1, 0.15) is 0 Å². The highest BCUT2D eigenvalue weighted by molar-refractivity contribution is 9.10. The Hall–Kier alpha value is -1.80.